The molecule has 17 heavy (non-hydrogen) atoms. The Bertz CT molecular complexity index is 497. The van der Waals surface area contributed by atoms with Crippen LogP contribution in [0.15, 0.2) is 42.7 Å². The highest BCUT2D eigenvalue weighted by atomic mass is 16.4. The summed E-state index contributed by atoms with van der Waals surface area (Å²) in [7, 11) is -1.47. The molecule has 0 saturated heterocycles. The third-order valence-electron chi connectivity index (χ3n) is 2.75. The number of hydrogen-bond donors (Lipinski definition) is 2. The van der Waals surface area contributed by atoms with Crippen molar-refractivity contribution in [2.45, 2.75) is 13.3 Å². The smallest absolute Gasteiger partial charge is 0.423 e. The van der Waals surface area contributed by atoms with Gasteiger partial charge in [-0.25, -0.2) is 0 Å². The highest BCUT2D eigenvalue weighted by Gasteiger charge is 2.11. The van der Waals surface area contributed by atoms with E-state index < -0.39 is 7.12 Å². The maximum atomic E-state index is 9.09. The molecule has 0 aliphatic rings. The molecule has 0 aliphatic carbocycles. The van der Waals surface area contributed by atoms with Crippen molar-refractivity contribution in [1.29, 1.82) is 0 Å². The topological polar surface area (TPSA) is 53.4 Å². The average Bonchev–Trinajstić information content (AvgIpc) is 2.39. The number of hydrogen-bond acceptors (Lipinski definition) is 3. The Hall–Kier alpha value is -1.65. The normalized spacial score (nSPS) is 10.3. The minimum atomic E-state index is -1.47. The predicted molar refractivity (Wildman–Crippen MR) is 68.9 cm³/mol. The van der Waals surface area contributed by atoms with E-state index in [-0.39, 0.29) is 0 Å². The number of rotatable bonds is 3. The van der Waals surface area contributed by atoms with Crippen molar-refractivity contribution in [2.75, 3.05) is 0 Å². The van der Waals surface area contributed by atoms with Crippen LogP contribution in [0.2, 0.25) is 0 Å². The van der Waals surface area contributed by atoms with Gasteiger partial charge in [-0.05, 0) is 23.1 Å². The van der Waals surface area contributed by atoms with Gasteiger partial charge in [-0.15, -0.1) is 0 Å². The molecule has 0 radical (unpaired) electrons. The third kappa shape index (κ3) is 2.73. The molecule has 0 spiro atoms. The third-order valence-corrected chi connectivity index (χ3v) is 2.75. The van der Waals surface area contributed by atoms with Crippen molar-refractivity contribution in [3.63, 3.8) is 0 Å². The van der Waals surface area contributed by atoms with Gasteiger partial charge in [0.1, 0.15) is 0 Å². The molecule has 0 atom stereocenters. The molecular weight excluding hydrogens is 213 g/mol. The summed E-state index contributed by atoms with van der Waals surface area (Å²) >= 11 is 0. The molecule has 1 aromatic heterocycles. The van der Waals surface area contributed by atoms with Crippen molar-refractivity contribution >= 4 is 12.6 Å². The second-order valence-corrected chi connectivity index (χ2v) is 3.93. The van der Waals surface area contributed by atoms with Crippen LogP contribution in [0.3, 0.4) is 0 Å². The molecule has 4 heteroatoms. The van der Waals surface area contributed by atoms with Crippen LogP contribution in [0.25, 0.3) is 11.1 Å². The lowest BCUT2D eigenvalue weighted by molar-refractivity contribution is 0.425. The van der Waals surface area contributed by atoms with Crippen molar-refractivity contribution in [2.24, 2.45) is 0 Å². The molecule has 3 nitrogen and oxygen atoms in total. The molecule has 1 heterocycles. The minimum Gasteiger partial charge on any atom is -0.423 e. The zero-order chi connectivity index (χ0) is 12.3. The first-order chi connectivity index (χ1) is 8.20. The zero-order valence-corrected chi connectivity index (χ0v) is 9.67. The Morgan fingerprint density at radius 1 is 1.06 bits per heavy atom. The van der Waals surface area contributed by atoms with Gasteiger partial charge >= 0.3 is 7.12 Å². The Morgan fingerprint density at radius 3 is 2.35 bits per heavy atom. The van der Waals surface area contributed by atoms with Gasteiger partial charge in [-0.3, -0.25) is 4.98 Å². The molecule has 86 valence electrons. The fourth-order valence-electron chi connectivity index (χ4n) is 1.69. The molecule has 2 aromatic rings. The summed E-state index contributed by atoms with van der Waals surface area (Å²) in [5.41, 5.74) is 3.59. The zero-order valence-electron chi connectivity index (χ0n) is 9.67. The summed E-state index contributed by atoms with van der Waals surface area (Å²) in [6.07, 6.45) is 4.18. The van der Waals surface area contributed by atoms with E-state index >= 15 is 0 Å². The van der Waals surface area contributed by atoms with Crippen LogP contribution in [-0.4, -0.2) is 22.2 Å². The van der Waals surface area contributed by atoms with E-state index in [0.717, 1.165) is 17.5 Å². The molecule has 0 amide bonds. The minimum absolute atomic E-state index is 0.405. The molecule has 2 rings (SSSR count). The lowest BCUT2D eigenvalue weighted by Gasteiger charge is -2.05. The van der Waals surface area contributed by atoms with Crippen LogP contribution in [0.1, 0.15) is 12.5 Å². The van der Waals surface area contributed by atoms with Crippen molar-refractivity contribution in [3.8, 4) is 11.1 Å². The monoisotopic (exact) mass is 227 g/mol. The van der Waals surface area contributed by atoms with E-state index in [2.05, 4.69) is 24.0 Å². The first kappa shape index (κ1) is 11.8. The van der Waals surface area contributed by atoms with Gasteiger partial charge in [-0.1, -0.05) is 37.3 Å². The number of benzene rings is 1. The largest absolute Gasteiger partial charge is 0.490 e. The highest BCUT2D eigenvalue weighted by molar-refractivity contribution is 6.58. The van der Waals surface area contributed by atoms with Crippen LogP contribution in [0.5, 0.6) is 0 Å². The van der Waals surface area contributed by atoms with Crippen LogP contribution in [0.4, 0.5) is 0 Å². The maximum Gasteiger partial charge on any atom is 0.490 e. The molecule has 1 aromatic carbocycles. The summed E-state index contributed by atoms with van der Waals surface area (Å²) in [4.78, 5) is 4.00. The SMILES string of the molecule is CCc1ccc(-c2cncc(B(O)O)c2)cc1. The lowest BCUT2D eigenvalue weighted by atomic mass is 9.80. The summed E-state index contributed by atoms with van der Waals surface area (Å²) in [5.74, 6) is 0. The fraction of sp³-hybridized carbons (Fsp3) is 0.154. The number of aromatic nitrogens is 1. The van der Waals surface area contributed by atoms with E-state index in [1.54, 1.807) is 12.3 Å². The Kier molecular flexibility index (Phi) is 3.56. The quantitative estimate of drug-likeness (QED) is 0.769. The summed E-state index contributed by atoms with van der Waals surface area (Å²) in [6, 6.07) is 9.90. The summed E-state index contributed by atoms with van der Waals surface area (Å²) < 4.78 is 0. The maximum absolute atomic E-state index is 9.09. The first-order valence-corrected chi connectivity index (χ1v) is 5.61. The van der Waals surface area contributed by atoms with Crippen LogP contribution in [-0.2, 0) is 6.42 Å². The van der Waals surface area contributed by atoms with Gasteiger partial charge in [0.2, 0.25) is 0 Å². The van der Waals surface area contributed by atoms with E-state index in [1.165, 1.54) is 11.8 Å². The second-order valence-electron chi connectivity index (χ2n) is 3.93. The van der Waals surface area contributed by atoms with E-state index in [1.807, 2.05) is 12.1 Å². The summed E-state index contributed by atoms with van der Waals surface area (Å²) in [5, 5.41) is 18.2. The Labute approximate surface area is 101 Å². The van der Waals surface area contributed by atoms with Gasteiger partial charge in [0.05, 0.1) is 0 Å². The van der Waals surface area contributed by atoms with Crippen molar-refractivity contribution in [3.05, 3.63) is 48.3 Å². The molecule has 0 fully saturated rings. The molecular formula is C13H14BNO2. The fourth-order valence-corrected chi connectivity index (χ4v) is 1.69. The van der Waals surface area contributed by atoms with Crippen LogP contribution >= 0.6 is 0 Å². The first-order valence-electron chi connectivity index (χ1n) is 5.61. The number of aryl methyl sites for hydroxylation is 1. The Balaban J connectivity index is 2.35. The molecule has 0 aliphatic heterocycles. The van der Waals surface area contributed by atoms with Gasteiger partial charge in [0.15, 0.2) is 0 Å². The van der Waals surface area contributed by atoms with Gasteiger partial charge in [0, 0.05) is 17.9 Å². The van der Waals surface area contributed by atoms with Gasteiger partial charge in [0.25, 0.3) is 0 Å². The molecule has 0 unspecified atom stereocenters. The van der Waals surface area contributed by atoms with Crippen molar-refractivity contribution < 1.29 is 10.0 Å². The molecule has 0 saturated carbocycles. The predicted octanol–water partition coefficient (Wildman–Crippen LogP) is 0.991. The average molecular weight is 227 g/mol. The molecule has 2 N–H and O–H groups in total. The van der Waals surface area contributed by atoms with Crippen LogP contribution in [0, 0.1) is 0 Å². The number of nitrogens with zero attached hydrogens (tertiary/aromatic N) is 1. The lowest BCUT2D eigenvalue weighted by Crippen LogP contribution is -2.30. The second kappa shape index (κ2) is 5.12. The van der Waals surface area contributed by atoms with Crippen molar-refractivity contribution in [1.82, 2.24) is 4.98 Å². The van der Waals surface area contributed by atoms with E-state index in [4.69, 9.17) is 10.0 Å². The van der Waals surface area contributed by atoms with E-state index in [9.17, 15) is 0 Å². The summed E-state index contributed by atoms with van der Waals surface area (Å²) in [6.45, 7) is 2.11. The Morgan fingerprint density at radius 2 is 1.76 bits per heavy atom. The number of pyridine rings is 1. The highest BCUT2D eigenvalue weighted by Crippen LogP contribution is 2.18. The van der Waals surface area contributed by atoms with Gasteiger partial charge < -0.3 is 10.0 Å². The standard InChI is InChI=1S/C13H14BNO2/c1-2-10-3-5-11(6-4-10)12-7-13(14(16)17)9-15-8-12/h3-9,16-17H,2H2,1H3. The van der Waals surface area contributed by atoms with Crippen LogP contribution < -0.4 is 5.46 Å². The van der Waals surface area contributed by atoms with E-state index in [0.29, 0.717) is 5.46 Å². The van der Waals surface area contributed by atoms with Gasteiger partial charge in [-0.2, -0.15) is 0 Å². The molecule has 0 bridgehead atoms.